The number of benzene rings is 1. The first-order chi connectivity index (χ1) is 7.56. The zero-order chi connectivity index (χ0) is 12.1. The minimum atomic E-state index is -0.589. The summed E-state index contributed by atoms with van der Waals surface area (Å²) in [6.07, 6.45) is 2.06. The Balaban J connectivity index is 2.75. The first kappa shape index (κ1) is 13.0. The fourth-order valence-electron chi connectivity index (χ4n) is 1.74. The summed E-state index contributed by atoms with van der Waals surface area (Å²) in [4.78, 5) is 0. The monoisotopic (exact) mass is 223 g/mol. The van der Waals surface area contributed by atoms with Gasteiger partial charge in [-0.2, -0.15) is 0 Å². The summed E-state index contributed by atoms with van der Waals surface area (Å²) in [6, 6.07) is 4.83. The molecule has 0 aliphatic carbocycles. The number of phenols is 1. The third-order valence-electron chi connectivity index (χ3n) is 2.81. The average Bonchev–Trinajstić information content (AvgIpc) is 2.25. The lowest BCUT2D eigenvalue weighted by Crippen LogP contribution is -2.26. The zero-order valence-corrected chi connectivity index (χ0v) is 9.98. The van der Waals surface area contributed by atoms with Gasteiger partial charge in [0.15, 0.2) is 0 Å². The molecule has 0 aliphatic heterocycles. The topological polar surface area (TPSA) is 66.5 Å². The summed E-state index contributed by atoms with van der Waals surface area (Å²) in [5.41, 5.74) is 7.52. The lowest BCUT2D eigenvalue weighted by atomic mass is 9.97. The Labute approximate surface area is 96.9 Å². The van der Waals surface area contributed by atoms with Gasteiger partial charge in [0.25, 0.3) is 0 Å². The number of nitrogens with two attached hydrogens (primary N) is 1. The largest absolute Gasteiger partial charge is 0.508 e. The van der Waals surface area contributed by atoms with E-state index in [1.807, 2.05) is 13.0 Å². The van der Waals surface area contributed by atoms with Crippen LogP contribution >= 0.6 is 0 Å². The molecule has 1 aromatic carbocycles. The quantitative estimate of drug-likeness (QED) is 0.717. The van der Waals surface area contributed by atoms with E-state index < -0.39 is 12.1 Å². The van der Waals surface area contributed by atoms with Crippen LogP contribution in [-0.2, 0) is 0 Å². The Morgan fingerprint density at radius 3 is 2.62 bits per heavy atom. The summed E-state index contributed by atoms with van der Waals surface area (Å²) in [5, 5.41) is 19.6. The molecule has 0 unspecified atom stereocenters. The molecule has 0 aromatic heterocycles. The maximum Gasteiger partial charge on any atom is 0.120 e. The van der Waals surface area contributed by atoms with E-state index in [-0.39, 0.29) is 5.75 Å². The van der Waals surface area contributed by atoms with Crippen LogP contribution < -0.4 is 5.73 Å². The Hall–Kier alpha value is -1.06. The molecular weight excluding hydrogens is 202 g/mol. The van der Waals surface area contributed by atoms with Gasteiger partial charge >= 0.3 is 0 Å². The van der Waals surface area contributed by atoms with Gasteiger partial charge in [-0.25, -0.2) is 0 Å². The summed E-state index contributed by atoms with van der Waals surface area (Å²) in [5.74, 6) is 0.169. The maximum absolute atomic E-state index is 9.86. The molecule has 0 saturated carbocycles. The Morgan fingerprint density at radius 1 is 1.38 bits per heavy atom. The number of aryl methyl sites for hydroxylation is 1. The van der Waals surface area contributed by atoms with Gasteiger partial charge in [0, 0.05) is 5.56 Å². The van der Waals surface area contributed by atoms with E-state index in [2.05, 4.69) is 6.92 Å². The van der Waals surface area contributed by atoms with E-state index >= 15 is 0 Å². The molecule has 1 rings (SSSR count). The molecule has 0 aliphatic rings. The van der Waals surface area contributed by atoms with Crippen LogP contribution in [0.5, 0.6) is 5.75 Å². The first-order valence-electron chi connectivity index (χ1n) is 5.79. The van der Waals surface area contributed by atoms with Crippen molar-refractivity contribution in [2.24, 2.45) is 5.73 Å². The Morgan fingerprint density at radius 2 is 2.06 bits per heavy atom. The Kier molecular flexibility index (Phi) is 4.77. The van der Waals surface area contributed by atoms with Crippen LogP contribution in [0.2, 0.25) is 0 Å². The van der Waals surface area contributed by atoms with Crippen LogP contribution in [0.15, 0.2) is 18.2 Å². The molecule has 0 bridgehead atoms. The molecule has 0 heterocycles. The SMILES string of the molecule is CCCC[C@@H](O)[C@@H](N)c1ccc(C)cc1O. The van der Waals surface area contributed by atoms with E-state index in [1.165, 1.54) is 0 Å². The van der Waals surface area contributed by atoms with Gasteiger partial charge in [-0.3, -0.25) is 0 Å². The second kappa shape index (κ2) is 5.87. The van der Waals surface area contributed by atoms with Crippen molar-refractivity contribution < 1.29 is 10.2 Å². The lowest BCUT2D eigenvalue weighted by Gasteiger charge is -2.20. The molecule has 4 N–H and O–H groups in total. The molecular formula is C13H21NO2. The third-order valence-corrected chi connectivity index (χ3v) is 2.81. The summed E-state index contributed by atoms with van der Waals surface area (Å²) in [7, 11) is 0. The highest BCUT2D eigenvalue weighted by Crippen LogP contribution is 2.27. The van der Waals surface area contributed by atoms with Crippen molar-refractivity contribution in [3.05, 3.63) is 29.3 Å². The number of unbranched alkanes of at least 4 members (excludes halogenated alkanes) is 1. The van der Waals surface area contributed by atoms with Crippen molar-refractivity contribution in [1.82, 2.24) is 0 Å². The summed E-state index contributed by atoms with van der Waals surface area (Å²) < 4.78 is 0. The van der Waals surface area contributed by atoms with Crippen molar-refractivity contribution in [1.29, 1.82) is 0 Å². The molecule has 90 valence electrons. The number of aliphatic hydroxyl groups excluding tert-OH is 1. The number of hydrogen-bond acceptors (Lipinski definition) is 3. The second-order valence-corrected chi connectivity index (χ2v) is 4.30. The Bertz CT molecular complexity index is 339. The lowest BCUT2D eigenvalue weighted by molar-refractivity contribution is 0.131. The normalized spacial score (nSPS) is 14.8. The fraction of sp³-hybridized carbons (Fsp3) is 0.538. The molecule has 16 heavy (non-hydrogen) atoms. The van der Waals surface area contributed by atoms with Crippen molar-refractivity contribution in [3.63, 3.8) is 0 Å². The van der Waals surface area contributed by atoms with E-state index in [1.54, 1.807) is 12.1 Å². The van der Waals surface area contributed by atoms with Crippen molar-refractivity contribution in [2.75, 3.05) is 0 Å². The fourth-order valence-corrected chi connectivity index (χ4v) is 1.74. The van der Waals surface area contributed by atoms with Crippen LogP contribution in [0.4, 0.5) is 0 Å². The van der Waals surface area contributed by atoms with Crippen molar-refractivity contribution in [2.45, 2.75) is 45.3 Å². The average molecular weight is 223 g/mol. The number of hydrogen-bond donors (Lipinski definition) is 3. The van der Waals surface area contributed by atoms with Crippen LogP contribution in [0.3, 0.4) is 0 Å². The van der Waals surface area contributed by atoms with E-state index in [0.717, 1.165) is 18.4 Å². The highest BCUT2D eigenvalue weighted by atomic mass is 16.3. The molecule has 0 radical (unpaired) electrons. The molecule has 3 heteroatoms. The second-order valence-electron chi connectivity index (χ2n) is 4.30. The molecule has 0 saturated heterocycles. The minimum absolute atomic E-state index is 0.169. The number of aromatic hydroxyl groups is 1. The van der Waals surface area contributed by atoms with Crippen LogP contribution in [0.25, 0.3) is 0 Å². The van der Waals surface area contributed by atoms with Gasteiger partial charge in [-0.1, -0.05) is 31.9 Å². The first-order valence-corrected chi connectivity index (χ1v) is 5.79. The number of rotatable bonds is 5. The van der Waals surface area contributed by atoms with Crippen LogP contribution in [0, 0.1) is 6.92 Å². The molecule has 0 fully saturated rings. The van der Waals surface area contributed by atoms with Gasteiger partial charge in [-0.05, 0) is 25.0 Å². The van der Waals surface area contributed by atoms with E-state index in [4.69, 9.17) is 5.73 Å². The van der Waals surface area contributed by atoms with Gasteiger partial charge in [0.1, 0.15) is 5.75 Å². The van der Waals surface area contributed by atoms with E-state index in [9.17, 15) is 10.2 Å². The standard InChI is InChI=1S/C13H21NO2/c1-3-4-5-11(15)13(14)10-7-6-9(2)8-12(10)16/h6-8,11,13,15-16H,3-5,14H2,1-2H3/t11-,13+/m1/s1. The van der Waals surface area contributed by atoms with Crippen LogP contribution in [0.1, 0.15) is 43.4 Å². The molecule has 3 nitrogen and oxygen atoms in total. The maximum atomic E-state index is 9.86. The highest BCUT2D eigenvalue weighted by molar-refractivity contribution is 5.38. The van der Waals surface area contributed by atoms with E-state index in [0.29, 0.717) is 12.0 Å². The minimum Gasteiger partial charge on any atom is -0.508 e. The smallest absolute Gasteiger partial charge is 0.120 e. The van der Waals surface area contributed by atoms with Gasteiger partial charge < -0.3 is 15.9 Å². The van der Waals surface area contributed by atoms with Gasteiger partial charge in [0.05, 0.1) is 12.1 Å². The van der Waals surface area contributed by atoms with Crippen molar-refractivity contribution in [3.8, 4) is 5.75 Å². The zero-order valence-electron chi connectivity index (χ0n) is 9.98. The third kappa shape index (κ3) is 3.22. The molecule has 2 atom stereocenters. The summed E-state index contributed by atoms with van der Waals surface area (Å²) in [6.45, 7) is 3.98. The van der Waals surface area contributed by atoms with Gasteiger partial charge in [0.2, 0.25) is 0 Å². The highest BCUT2D eigenvalue weighted by Gasteiger charge is 2.19. The molecule has 0 spiro atoms. The predicted molar refractivity (Wildman–Crippen MR) is 65.3 cm³/mol. The van der Waals surface area contributed by atoms with Crippen molar-refractivity contribution >= 4 is 0 Å². The predicted octanol–water partition coefficient (Wildman–Crippen LogP) is 2.25. The molecule has 1 aromatic rings. The van der Waals surface area contributed by atoms with Gasteiger partial charge in [-0.15, -0.1) is 0 Å². The van der Waals surface area contributed by atoms with Crippen LogP contribution in [-0.4, -0.2) is 16.3 Å². The number of aliphatic hydroxyl groups is 1. The molecule has 0 amide bonds. The number of phenolic OH excluding ortho intramolecular Hbond substituents is 1. The summed E-state index contributed by atoms with van der Waals surface area (Å²) >= 11 is 0.